The largest absolute Gasteiger partial charge is 0.373 e. The van der Waals surface area contributed by atoms with Crippen LogP contribution in [0.1, 0.15) is 11.4 Å². The second-order valence-corrected chi connectivity index (χ2v) is 18.6. The first-order valence-electron chi connectivity index (χ1n) is 26.0. The summed E-state index contributed by atoms with van der Waals surface area (Å²) in [5.74, 6) is 4.73. The van der Waals surface area contributed by atoms with E-state index in [1.807, 2.05) is 231 Å². The second kappa shape index (κ2) is 35.4. The molecule has 13 rings (SSSR count). The molecule has 0 spiro atoms. The summed E-state index contributed by atoms with van der Waals surface area (Å²) in [4.78, 5) is 26.4. The number of aromatic nitrogens is 11. The molecule has 0 atom stereocenters. The topological polar surface area (TPSA) is 102 Å². The van der Waals surface area contributed by atoms with E-state index in [2.05, 4.69) is 114 Å². The zero-order valence-corrected chi connectivity index (χ0v) is 59.6. The van der Waals surface area contributed by atoms with Gasteiger partial charge < -0.3 is 22.8 Å². The molecule has 11 nitrogen and oxygen atoms in total. The molecule has 6 aromatic heterocycles. The number of hydrogen-bond acceptors (Lipinski definition) is 6. The van der Waals surface area contributed by atoms with Crippen LogP contribution in [0.3, 0.4) is 0 Å². The first-order valence-corrected chi connectivity index (χ1v) is 26.0. The molecule has 0 amide bonds. The molecule has 0 aliphatic rings. The molecule has 0 aliphatic carbocycles. The van der Waals surface area contributed by atoms with E-state index < -0.39 is 0 Å². The first-order chi connectivity index (χ1) is 39.1. The summed E-state index contributed by atoms with van der Waals surface area (Å²) in [6, 6.07) is 78.2. The van der Waals surface area contributed by atoms with E-state index in [4.69, 9.17) is 0 Å². The molecule has 0 unspecified atom stereocenters. The molecular weight excluding hydrogens is 1940 g/mol. The van der Waals surface area contributed by atoms with Crippen molar-refractivity contribution in [2.24, 2.45) is 35.2 Å². The van der Waals surface area contributed by atoms with Gasteiger partial charge in [-0.1, -0.05) is 72.3 Å². The first kappa shape index (κ1) is 70.5. The molecule has 0 bridgehead atoms. The average molecular weight is 2000 g/mol. The standard InChI is InChI=1S/2C16H13N2.C15H12N3.C12H13N2.C10H9N2.5Ir/c1-18-12-15(13-8-4-2-5-9-13)17-16(18)14-10-6-3-7-11-14;1-18-11-10-17-16(18)15-9-5-8-14(12-15)13-6-3-2-4-7-13;1-18-10-9-17-15(18)13-6-4-5-12(11-13)14-7-2-3-8-16-14;1-9-10(2)14(3)12(13-9)11-7-5-4-6-8-11;1-12-8-7-11-10(12)9-5-3-2-4-6-9;;;;;/h2-10,12H,1H3;2-8,10-12H,1H3;2-5,7-11H,1H3;4-7H,1-3H3;2-5,7-8H,1H3;;;;;/q5*-1;;;;;. The Morgan fingerprint density at radius 1 is 0.318 bits per heavy atom. The molecule has 0 N–H and O–H groups in total. The van der Waals surface area contributed by atoms with E-state index in [0.29, 0.717) is 0 Å². The minimum absolute atomic E-state index is 0. The van der Waals surface area contributed by atoms with Crippen LogP contribution in [0.5, 0.6) is 0 Å². The minimum atomic E-state index is 0. The molecule has 7 aromatic carbocycles. The molecule has 441 valence electrons. The van der Waals surface area contributed by atoms with Gasteiger partial charge in [0.1, 0.15) is 0 Å². The summed E-state index contributed by atoms with van der Waals surface area (Å²) < 4.78 is 10.1. The Hall–Kier alpha value is -7.01. The minimum Gasteiger partial charge on any atom is -0.373 e. The Bertz CT molecular complexity index is 3860. The molecule has 0 fully saturated rings. The van der Waals surface area contributed by atoms with Crippen molar-refractivity contribution in [2.45, 2.75) is 13.8 Å². The SMILES string of the molecule is Cc1nc(-c2[c-]cccc2)n(C)c1C.Cn1cc(-c2ccccc2)nc1-c1[c-]cccc1.Cn1ccnc1-c1[c-]ccc(-c2ccccc2)c1.Cn1ccnc1-c1[c-]ccc(-c2ccccn2)c1.Cn1ccnc1-c1[c-]cccc1.[Ir].[Ir].[Ir].[Ir].[Ir]. The zero-order chi connectivity index (χ0) is 55.6. The van der Waals surface area contributed by atoms with Gasteiger partial charge in [-0.3, -0.25) is 29.9 Å². The molecule has 0 aliphatic heterocycles. The van der Waals surface area contributed by atoms with Crippen LogP contribution in [0.2, 0.25) is 0 Å². The Balaban J connectivity index is 0.000000226. The number of pyridine rings is 1. The molecule has 5 radical (unpaired) electrons. The Kier molecular flexibility index (Phi) is 29.4. The fraction of sp³-hybridized carbons (Fsp3) is 0.101. The number of aryl methyl sites for hydroxylation is 5. The van der Waals surface area contributed by atoms with Crippen LogP contribution in [-0.4, -0.2) is 52.7 Å². The van der Waals surface area contributed by atoms with Gasteiger partial charge in [-0.15, -0.1) is 173 Å². The Morgan fingerprint density at radius 3 is 1.18 bits per heavy atom. The third-order valence-electron chi connectivity index (χ3n) is 13.0. The van der Waals surface area contributed by atoms with E-state index in [1.54, 1.807) is 24.8 Å². The smallest absolute Gasteiger partial charge is 0.0768 e. The fourth-order valence-corrected chi connectivity index (χ4v) is 8.59. The quantitative estimate of drug-likeness (QED) is 0.140. The van der Waals surface area contributed by atoms with Crippen molar-refractivity contribution in [1.82, 2.24) is 52.7 Å². The Labute approximate surface area is 566 Å². The molecule has 13 aromatic rings. The molecule has 0 saturated carbocycles. The maximum absolute atomic E-state index is 4.68. The van der Waals surface area contributed by atoms with Crippen LogP contribution in [0.25, 0.3) is 90.6 Å². The van der Waals surface area contributed by atoms with E-state index in [1.165, 1.54) is 16.8 Å². The summed E-state index contributed by atoms with van der Waals surface area (Å²) in [6.07, 6.45) is 15.0. The molecule has 16 heteroatoms. The average Bonchev–Trinajstić information content (AvgIpc) is 4.22. The third kappa shape index (κ3) is 19.0. The summed E-state index contributed by atoms with van der Waals surface area (Å²) >= 11 is 0. The second-order valence-electron chi connectivity index (χ2n) is 18.6. The van der Waals surface area contributed by atoms with Crippen LogP contribution >= 0.6 is 0 Å². The molecule has 6 heterocycles. The summed E-state index contributed by atoms with van der Waals surface area (Å²) in [5, 5.41) is 0. The number of rotatable bonds is 8. The number of hydrogen-bond donors (Lipinski definition) is 0. The van der Waals surface area contributed by atoms with Crippen molar-refractivity contribution in [3.63, 3.8) is 0 Å². The van der Waals surface area contributed by atoms with Crippen molar-refractivity contribution >= 4 is 0 Å². The van der Waals surface area contributed by atoms with E-state index >= 15 is 0 Å². The van der Waals surface area contributed by atoms with Crippen LogP contribution in [-0.2, 0) is 136 Å². The molecular formula is C69H60Ir5N11-5. The van der Waals surface area contributed by atoms with Gasteiger partial charge in [0.15, 0.2) is 0 Å². The fourth-order valence-electron chi connectivity index (χ4n) is 8.59. The predicted molar refractivity (Wildman–Crippen MR) is 321 cm³/mol. The maximum atomic E-state index is 4.68. The van der Waals surface area contributed by atoms with Gasteiger partial charge in [-0.2, -0.15) is 0 Å². The van der Waals surface area contributed by atoms with Crippen LogP contribution in [0.4, 0.5) is 0 Å². The number of benzene rings is 7. The Morgan fingerprint density at radius 2 is 0.741 bits per heavy atom. The van der Waals surface area contributed by atoms with Gasteiger partial charge >= 0.3 is 0 Å². The van der Waals surface area contributed by atoms with Gasteiger partial charge in [0.2, 0.25) is 0 Å². The molecule has 0 saturated heterocycles. The number of imidazole rings is 5. The number of nitrogens with zero attached hydrogens (tertiary/aromatic N) is 11. The summed E-state index contributed by atoms with van der Waals surface area (Å²) in [6.45, 7) is 4.11. The van der Waals surface area contributed by atoms with Crippen molar-refractivity contribution in [3.05, 3.63) is 279 Å². The van der Waals surface area contributed by atoms with Crippen molar-refractivity contribution < 1.29 is 101 Å². The van der Waals surface area contributed by atoms with Crippen molar-refractivity contribution in [1.29, 1.82) is 0 Å². The van der Waals surface area contributed by atoms with E-state index in [0.717, 1.165) is 85.1 Å². The van der Waals surface area contributed by atoms with Gasteiger partial charge in [-0.25, -0.2) is 0 Å². The predicted octanol–water partition coefficient (Wildman–Crippen LogP) is 14.4. The van der Waals surface area contributed by atoms with Crippen LogP contribution in [0.15, 0.2) is 238 Å². The van der Waals surface area contributed by atoms with Gasteiger partial charge in [0.05, 0.1) is 40.5 Å². The van der Waals surface area contributed by atoms with Gasteiger partial charge in [-0.05, 0) is 31.5 Å². The summed E-state index contributed by atoms with van der Waals surface area (Å²) in [7, 11) is 9.99. The van der Waals surface area contributed by atoms with E-state index in [9.17, 15) is 0 Å². The van der Waals surface area contributed by atoms with Crippen LogP contribution in [0, 0.1) is 44.2 Å². The molecule has 85 heavy (non-hydrogen) atoms. The zero-order valence-electron chi connectivity index (χ0n) is 47.6. The summed E-state index contributed by atoms with van der Waals surface area (Å²) in [5.41, 5.74) is 13.9. The van der Waals surface area contributed by atoms with Gasteiger partial charge in [0, 0.05) is 202 Å². The van der Waals surface area contributed by atoms with E-state index in [-0.39, 0.29) is 101 Å². The van der Waals surface area contributed by atoms with Crippen LogP contribution < -0.4 is 0 Å². The third-order valence-corrected chi connectivity index (χ3v) is 13.0. The van der Waals surface area contributed by atoms with Crippen molar-refractivity contribution in [2.75, 3.05) is 0 Å². The van der Waals surface area contributed by atoms with Crippen molar-refractivity contribution in [3.8, 4) is 90.6 Å². The monoisotopic (exact) mass is 2010 g/mol. The normalized spacial score (nSPS) is 9.82. The van der Waals surface area contributed by atoms with Gasteiger partial charge in [0.25, 0.3) is 0 Å². The maximum Gasteiger partial charge on any atom is 0.0768 e.